The summed E-state index contributed by atoms with van der Waals surface area (Å²) in [5, 5.41) is 11.9. The van der Waals surface area contributed by atoms with E-state index in [-0.39, 0.29) is 17.9 Å². The van der Waals surface area contributed by atoms with Crippen LogP contribution in [-0.4, -0.2) is 28.6 Å². The van der Waals surface area contributed by atoms with Crippen LogP contribution in [0.1, 0.15) is 51.3 Å². The third-order valence-electron chi connectivity index (χ3n) is 5.06. The molecule has 1 aromatic heterocycles. The second-order valence-corrected chi connectivity index (χ2v) is 7.77. The molecular formula is C24H24N5O3+. The number of carbonyl (C=O) groups is 2. The number of fused-ring (bicyclic) bond motifs is 1. The third kappa shape index (κ3) is 4.29. The van der Waals surface area contributed by atoms with Gasteiger partial charge in [0.15, 0.2) is 0 Å². The van der Waals surface area contributed by atoms with E-state index in [0.29, 0.717) is 51.8 Å². The van der Waals surface area contributed by atoms with Crippen molar-refractivity contribution in [1.82, 2.24) is 10.3 Å². The molecule has 0 bridgehead atoms. The number of pyridine rings is 1. The van der Waals surface area contributed by atoms with Gasteiger partial charge in [-0.05, 0) is 61.9 Å². The molecule has 0 radical (unpaired) electrons. The van der Waals surface area contributed by atoms with Crippen LogP contribution >= 0.6 is 0 Å². The van der Waals surface area contributed by atoms with Gasteiger partial charge in [-0.1, -0.05) is 6.07 Å². The molecule has 0 saturated carbocycles. The molecule has 0 saturated heterocycles. The molecule has 1 aliphatic heterocycles. The number of hydrogen-bond donors (Lipinski definition) is 4. The number of benzene rings is 2. The maximum absolute atomic E-state index is 12.7. The Balaban J connectivity index is 1.55. The number of aromatic nitrogens is 1. The van der Waals surface area contributed by atoms with Gasteiger partial charge in [0.2, 0.25) is 5.71 Å². The van der Waals surface area contributed by atoms with E-state index in [4.69, 9.17) is 15.9 Å². The summed E-state index contributed by atoms with van der Waals surface area (Å²) in [5.74, 6) is 0.435. The number of ether oxygens (including phenoxy) is 1. The van der Waals surface area contributed by atoms with Gasteiger partial charge < -0.3 is 21.1 Å². The van der Waals surface area contributed by atoms with E-state index >= 15 is 0 Å². The van der Waals surface area contributed by atoms with Crippen molar-refractivity contribution in [1.29, 1.82) is 0 Å². The topological polar surface area (TPSA) is 132 Å². The molecule has 0 aliphatic carbocycles. The summed E-state index contributed by atoms with van der Waals surface area (Å²) in [6.07, 6.45) is 1.57. The van der Waals surface area contributed by atoms with Crippen molar-refractivity contribution in [2.24, 2.45) is 0 Å². The predicted octanol–water partition coefficient (Wildman–Crippen LogP) is 1.54. The molecule has 8 heteroatoms. The fourth-order valence-electron chi connectivity index (χ4n) is 3.48. The Hall–Kier alpha value is -4.20. The number of carbonyl (C=O) groups excluding carboxylic acids is 2. The minimum atomic E-state index is -0.373. The zero-order valence-electron chi connectivity index (χ0n) is 17.8. The zero-order chi connectivity index (χ0) is 22.8. The van der Waals surface area contributed by atoms with Crippen LogP contribution in [0, 0.1) is 0 Å². The van der Waals surface area contributed by atoms with E-state index in [2.05, 4.69) is 15.6 Å². The molecule has 2 aromatic carbocycles. The summed E-state index contributed by atoms with van der Waals surface area (Å²) in [4.78, 5) is 28.8. The highest BCUT2D eigenvalue weighted by Crippen LogP contribution is 2.23. The number of anilines is 2. The van der Waals surface area contributed by atoms with Gasteiger partial charge in [-0.3, -0.25) is 15.0 Å². The van der Waals surface area contributed by atoms with E-state index < -0.39 is 0 Å². The van der Waals surface area contributed by atoms with Crippen LogP contribution in [0.2, 0.25) is 0 Å². The van der Waals surface area contributed by atoms with Crippen molar-refractivity contribution in [3.05, 3.63) is 82.5 Å². The van der Waals surface area contributed by atoms with Gasteiger partial charge in [-0.2, -0.15) is 0 Å². The Morgan fingerprint density at radius 2 is 1.97 bits per heavy atom. The summed E-state index contributed by atoms with van der Waals surface area (Å²) >= 11 is 0. The highest BCUT2D eigenvalue weighted by molar-refractivity contribution is 6.13. The number of rotatable bonds is 6. The lowest BCUT2D eigenvalue weighted by Gasteiger charge is -2.12. The lowest BCUT2D eigenvalue weighted by Crippen LogP contribution is -2.41. The van der Waals surface area contributed by atoms with Crippen molar-refractivity contribution in [2.75, 3.05) is 11.1 Å². The first-order valence-corrected chi connectivity index (χ1v) is 10.2. The van der Waals surface area contributed by atoms with Crippen LogP contribution in [-0.2, 0) is 6.54 Å². The molecule has 0 atom stereocenters. The van der Waals surface area contributed by atoms with E-state index in [0.717, 1.165) is 5.56 Å². The molecule has 32 heavy (non-hydrogen) atoms. The largest absolute Gasteiger partial charge is 0.491 e. The van der Waals surface area contributed by atoms with Crippen molar-refractivity contribution in [3.8, 4) is 5.75 Å². The molecule has 162 valence electrons. The summed E-state index contributed by atoms with van der Waals surface area (Å²) in [5.41, 5.74) is 10.1. The molecule has 6 N–H and O–H groups in total. The van der Waals surface area contributed by atoms with Crippen molar-refractivity contribution in [3.63, 3.8) is 0 Å². The van der Waals surface area contributed by atoms with Gasteiger partial charge in [0.25, 0.3) is 11.8 Å². The molecular weight excluding hydrogens is 406 g/mol. The Kier molecular flexibility index (Phi) is 5.59. The smallest absolute Gasteiger partial charge is 0.256 e. The number of hydrogen-bond acceptors (Lipinski definition) is 5. The maximum atomic E-state index is 12.7. The molecule has 2 heterocycles. The number of nitrogens with one attached hydrogen (secondary N) is 2. The molecule has 4 rings (SSSR count). The molecule has 3 aromatic rings. The Morgan fingerprint density at radius 3 is 2.75 bits per heavy atom. The Morgan fingerprint density at radius 1 is 1.16 bits per heavy atom. The normalized spacial score (nSPS) is 12.3. The van der Waals surface area contributed by atoms with Gasteiger partial charge in [0.05, 0.1) is 17.2 Å². The lowest BCUT2D eigenvalue weighted by atomic mass is 10.0. The molecule has 0 spiro atoms. The highest BCUT2D eigenvalue weighted by atomic mass is 16.5. The first kappa shape index (κ1) is 21.0. The van der Waals surface area contributed by atoms with Crippen molar-refractivity contribution < 1.29 is 19.7 Å². The zero-order valence-corrected chi connectivity index (χ0v) is 17.8. The first-order valence-electron chi connectivity index (χ1n) is 10.2. The summed E-state index contributed by atoms with van der Waals surface area (Å²) in [6, 6.07) is 13.8. The Labute approximate surface area is 185 Å². The molecule has 0 unspecified atom stereocenters. The van der Waals surface area contributed by atoms with Crippen LogP contribution in [0.3, 0.4) is 0 Å². The molecule has 0 fully saturated rings. The molecule has 8 nitrogen and oxygen atoms in total. The van der Waals surface area contributed by atoms with Gasteiger partial charge in [-0.15, -0.1) is 0 Å². The molecule has 1 aliphatic rings. The van der Waals surface area contributed by atoms with E-state index in [9.17, 15) is 9.59 Å². The van der Waals surface area contributed by atoms with Gasteiger partial charge in [0, 0.05) is 29.6 Å². The third-order valence-corrected chi connectivity index (χ3v) is 5.06. The summed E-state index contributed by atoms with van der Waals surface area (Å²) in [6.45, 7) is 4.35. The maximum Gasteiger partial charge on any atom is 0.256 e. The number of amides is 2. The van der Waals surface area contributed by atoms with Crippen LogP contribution < -0.4 is 26.5 Å². The summed E-state index contributed by atoms with van der Waals surface area (Å²) in [7, 11) is 0. The van der Waals surface area contributed by atoms with Gasteiger partial charge in [-0.25, -0.2) is 4.98 Å². The fourth-order valence-corrected chi connectivity index (χ4v) is 3.48. The fraction of sp³-hybridized carbons (Fsp3) is 0.167. The van der Waals surface area contributed by atoms with Crippen LogP contribution in [0.5, 0.6) is 5.75 Å². The van der Waals surface area contributed by atoms with Crippen molar-refractivity contribution >= 4 is 29.0 Å². The van der Waals surface area contributed by atoms with E-state index in [1.807, 2.05) is 13.8 Å². The second kappa shape index (κ2) is 8.50. The minimum absolute atomic E-state index is 0.0146. The van der Waals surface area contributed by atoms with Gasteiger partial charge in [0.1, 0.15) is 11.6 Å². The number of nitrogens with two attached hydrogens (primary N) is 2. The van der Waals surface area contributed by atoms with Crippen molar-refractivity contribution in [2.45, 2.75) is 26.5 Å². The van der Waals surface area contributed by atoms with E-state index in [1.54, 1.807) is 54.7 Å². The van der Waals surface area contributed by atoms with Crippen LogP contribution in [0.4, 0.5) is 11.5 Å². The quantitative estimate of drug-likeness (QED) is 0.348. The monoisotopic (exact) mass is 430 g/mol. The second-order valence-electron chi connectivity index (χ2n) is 7.77. The molecule has 2 amide bonds. The van der Waals surface area contributed by atoms with Gasteiger partial charge >= 0.3 is 0 Å². The minimum Gasteiger partial charge on any atom is -0.491 e. The average Bonchev–Trinajstić information content (AvgIpc) is 3.14. The van der Waals surface area contributed by atoms with Crippen LogP contribution in [0.25, 0.3) is 0 Å². The highest BCUT2D eigenvalue weighted by Gasteiger charge is 2.21. The SMILES string of the molecule is CC(C)Oc1ccc(N)c(C(=[NH2+])c2ccnc(NC(=O)c3ccc4c(c3)C(=O)NC4)c2)c1. The standard InChI is InChI=1S/C24H23N5O3/c1-13(2)32-17-5-6-20(25)19(11-17)22(26)14-7-8-27-21(10-14)29-23(30)15-3-4-16-12-28-24(31)18(16)9-15/h3-11,13,26H,12,25H2,1-2H3,(H,28,31)(H,27,29,30)/p+1. The first-order chi connectivity index (χ1) is 15.3. The average molecular weight is 430 g/mol. The number of nitrogens with zero attached hydrogens (tertiary/aromatic N) is 1. The number of nitrogen functional groups attached to an aromatic ring is 1. The lowest BCUT2D eigenvalue weighted by molar-refractivity contribution is -0.111. The van der Waals surface area contributed by atoms with Crippen LogP contribution in [0.15, 0.2) is 54.7 Å². The predicted molar refractivity (Wildman–Crippen MR) is 122 cm³/mol. The summed E-state index contributed by atoms with van der Waals surface area (Å²) < 4.78 is 5.74. The Bertz CT molecular complexity index is 1240. The van der Waals surface area contributed by atoms with E-state index in [1.165, 1.54) is 0 Å².